The van der Waals surface area contributed by atoms with Crippen molar-refractivity contribution in [1.82, 2.24) is 5.32 Å². The second kappa shape index (κ2) is 5.82. The van der Waals surface area contributed by atoms with Crippen LogP contribution in [0.1, 0.15) is 30.7 Å². The lowest BCUT2D eigenvalue weighted by Gasteiger charge is -2.29. The molecule has 1 heterocycles. The van der Waals surface area contributed by atoms with E-state index in [9.17, 15) is 4.79 Å². The zero-order valence-corrected chi connectivity index (χ0v) is 10.2. The van der Waals surface area contributed by atoms with Crippen LogP contribution in [0.3, 0.4) is 0 Å². The normalized spacial score (nSPS) is 21.8. The van der Waals surface area contributed by atoms with Crippen LogP contribution in [-0.2, 0) is 9.53 Å². The number of carbonyl (C=O) groups is 1. The van der Waals surface area contributed by atoms with E-state index in [1.54, 1.807) is 0 Å². The van der Waals surface area contributed by atoms with Gasteiger partial charge in [-0.3, -0.25) is 4.79 Å². The summed E-state index contributed by atoms with van der Waals surface area (Å²) in [5, 5.41) is 3.43. The average molecular weight is 232 g/mol. The van der Waals surface area contributed by atoms with E-state index in [0.29, 0.717) is 0 Å². The third-order valence-corrected chi connectivity index (χ3v) is 3.36. The quantitative estimate of drug-likeness (QED) is 0.811. The Morgan fingerprint density at radius 1 is 1.35 bits per heavy atom. The summed E-state index contributed by atoms with van der Waals surface area (Å²) < 4.78 is 4.94. The molecule has 3 nitrogen and oxygen atoms in total. The lowest BCUT2D eigenvalue weighted by molar-refractivity contribution is -0.143. The molecule has 0 aromatic heterocycles. The zero-order chi connectivity index (χ0) is 12.1. The van der Waals surface area contributed by atoms with E-state index < -0.39 is 0 Å². The molecule has 1 aliphatic heterocycles. The van der Waals surface area contributed by atoms with Crippen molar-refractivity contribution in [2.24, 2.45) is 0 Å². The molecule has 0 radical (unpaired) electrons. The van der Waals surface area contributed by atoms with Gasteiger partial charge in [0.25, 0.3) is 0 Å². The predicted octanol–water partition coefficient (Wildman–Crippen LogP) is 2.09. The summed E-state index contributed by atoms with van der Waals surface area (Å²) in [7, 11) is 1.46. The number of carbonyl (C=O) groups excluding carboxylic acids is 1. The fraction of sp³-hybridized carbons (Fsp3) is 0.500. The molecule has 1 N–H and O–H groups in total. The monoisotopic (exact) mass is 232 g/mol. The van der Waals surface area contributed by atoms with Crippen molar-refractivity contribution in [2.75, 3.05) is 13.7 Å². The molecule has 0 spiro atoms. The minimum atomic E-state index is -0.179. The Morgan fingerprint density at radius 3 is 2.71 bits per heavy atom. The highest BCUT2D eigenvalue weighted by atomic mass is 16.5. The summed E-state index contributed by atoms with van der Waals surface area (Å²) in [5.41, 5.74) is 1.04. The topological polar surface area (TPSA) is 38.3 Å². The maximum atomic E-state index is 11.9. The lowest BCUT2D eigenvalue weighted by atomic mass is 9.86. The standard InChI is InChI=1S/C14H19NO2/c1-17-14(16)13(11-7-3-2-4-8-11)12-9-5-6-10-15-12/h2-4,7-8,12-13,15H,5-6,9-10H2,1H3/i1-1. The summed E-state index contributed by atoms with van der Waals surface area (Å²) in [6.07, 6.45) is 3.41. The van der Waals surface area contributed by atoms with Crippen LogP contribution in [0, 0.1) is 0 Å². The summed E-state index contributed by atoms with van der Waals surface area (Å²) >= 11 is 0. The first-order chi connectivity index (χ1) is 8.33. The molecule has 0 aliphatic carbocycles. The number of hydrogen-bond acceptors (Lipinski definition) is 3. The molecule has 1 saturated heterocycles. The second-order valence-electron chi connectivity index (χ2n) is 4.47. The maximum absolute atomic E-state index is 11.9. The van der Waals surface area contributed by atoms with E-state index in [2.05, 4.69) is 5.32 Å². The maximum Gasteiger partial charge on any atom is 0.314 e. The molecule has 0 amide bonds. The minimum absolute atomic E-state index is 0.143. The molecule has 0 bridgehead atoms. The number of hydrogen-bond donors (Lipinski definition) is 1. The van der Waals surface area contributed by atoms with Crippen LogP contribution in [0.5, 0.6) is 0 Å². The number of esters is 1. The fourth-order valence-electron chi connectivity index (χ4n) is 2.48. The van der Waals surface area contributed by atoms with Crippen molar-refractivity contribution in [1.29, 1.82) is 0 Å². The van der Waals surface area contributed by atoms with Gasteiger partial charge in [0.15, 0.2) is 0 Å². The Balaban J connectivity index is 2.21. The molecule has 17 heavy (non-hydrogen) atoms. The molecule has 1 aliphatic rings. The highest BCUT2D eigenvalue weighted by Crippen LogP contribution is 2.26. The number of methoxy groups -OCH3 is 1. The first kappa shape index (κ1) is 12.1. The van der Waals surface area contributed by atoms with Crippen molar-refractivity contribution in [2.45, 2.75) is 31.2 Å². The van der Waals surface area contributed by atoms with Crippen molar-refractivity contribution < 1.29 is 9.53 Å². The van der Waals surface area contributed by atoms with Gasteiger partial charge in [-0.1, -0.05) is 36.8 Å². The summed E-state index contributed by atoms with van der Waals surface area (Å²) in [4.78, 5) is 11.9. The van der Waals surface area contributed by atoms with Gasteiger partial charge in [0.1, 0.15) is 0 Å². The van der Waals surface area contributed by atoms with Crippen LogP contribution >= 0.6 is 0 Å². The second-order valence-corrected chi connectivity index (χ2v) is 4.47. The third-order valence-electron chi connectivity index (χ3n) is 3.36. The van der Waals surface area contributed by atoms with Crippen molar-refractivity contribution in [3.05, 3.63) is 35.9 Å². The molecular formula is C14H19NO2. The van der Waals surface area contributed by atoms with E-state index in [0.717, 1.165) is 18.5 Å². The lowest BCUT2D eigenvalue weighted by Crippen LogP contribution is -2.42. The highest BCUT2D eigenvalue weighted by Gasteiger charge is 2.31. The van der Waals surface area contributed by atoms with E-state index in [-0.39, 0.29) is 17.9 Å². The van der Waals surface area contributed by atoms with Crippen molar-refractivity contribution in [3.63, 3.8) is 0 Å². The SMILES string of the molecule is [11CH3]OC(=O)C(c1ccccc1)C1CCCCN1. The van der Waals surface area contributed by atoms with Crippen LogP contribution in [0.15, 0.2) is 30.3 Å². The van der Waals surface area contributed by atoms with Gasteiger partial charge in [0, 0.05) is 6.04 Å². The molecule has 1 aromatic carbocycles. The molecule has 3 heteroatoms. The van der Waals surface area contributed by atoms with Gasteiger partial charge < -0.3 is 10.1 Å². The fourth-order valence-corrected chi connectivity index (χ4v) is 2.48. The van der Waals surface area contributed by atoms with E-state index in [1.807, 2.05) is 30.3 Å². The number of piperidine rings is 1. The van der Waals surface area contributed by atoms with Crippen LogP contribution in [0.4, 0.5) is 0 Å². The molecule has 92 valence electrons. The largest absolute Gasteiger partial charge is 0.469 e. The minimum Gasteiger partial charge on any atom is -0.469 e. The Bertz CT molecular complexity index is 358. The van der Waals surface area contributed by atoms with Crippen LogP contribution < -0.4 is 5.32 Å². The number of rotatable bonds is 3. The first-order valence-electron chi connectivity index (χ1n) is 6.19. The van der Waals surface area contributed by atoms with E-state index >= 15 is 0 Å². The molecule has 1 aromatic rings. The van der Waals surface area contributed by atoms with Gasteiger partial charge in [0.05, 0.1) is 13.0 Å². The number of benzene rings is 1. The molecule has 2 atom stereocenters. The number of nitrogens with one attached hydrogen (secondary N) is 1. The van der Waals surface area contributed by atoms with Crippen LogP contribution in [0.2, 0.25) is 0 Å². The summed E-state index contributed by atoms with van der Waals surface area (Å²) in [5.74, 6) is -0.322. The summed E-state index contributed by atoms with van der Waals surface area (Å²) in [6.45, 7) is 0.991. The van der Waals surface area contributed by atoms with Gasteiger partial charge in [-0.25, -0.2) is 0 Å². The Morgan fingerprint density at radius 2 is 2.12 bits per heavy atom. The smallest absolute Gasteiger partial charge is 0.314 e. The van der Waals surface area contributed by atoms with E-state index in [1.165, 1.54) is 20.0 Å². The number of ether oxygens (including phenoxy) is 1. The average Bonchev–Trinajstić information content (AvgIpc) is 2.41. The van der Waals surface area contributed by atoms with Gasteiger partial charge >= 0.3 is 5.97 Å². The molecule has 2 unspecified atom stereocenters. The van der Waals surface area contributed by atoms with Crippen LogP contribution in [0.25, 0.3) is 0 Å². The molecule has 2 rings (SSSR count). The Labute approximate surface area is 102 Å². The third kappa shape index (κ3) is 2.86. The van der Waals surface area contributed by atoms with Crippen molar-refractivity contribution in [3.8, 4) is 0 Å². The molecule has 0 saturated carbocycles. The molecule has 1 fully saturated rings. The Hall–Kier alpha value is -1.35. The van der Waals surface area contributed by atoms with Crippen molar-refractivity contribution >= 4 is 5.97 Å². The highest BCUT2D eigenvalue weighted by molar-refractivity contribution is 5.79. The first-order valence-corrected chi connectivity index (χ1v) is 6.19. The van der Waals surface area contributed by atoms with Gasteiger partial charge in [0.2, 0.25) is 0 Å². The van der Waals surface area contributed by atoms with Gasteiger partial charge in [-0.05, 0) is 24.9 Å². The zero-order valence-electron chi connectivity index (χ0n) is 10.2. The Kier molecular flexibility index (Phi) is 4.15. The predicted molar refractivity (Wildman–Crippen MR) is 66.8 cm³/mol. The van der Waals surface area contributed by atoms with Crippen LogP contribution in [-0.4, -0.2) is 25.7 Å². The summed E-state index contributed by atoms with van der Waals surface area (Å²) in [6, 6.07) is 10.1. The van der Waals surface area contributed by atoms with E-state index in [4.69, 9.17) is 4.74 Å². The van der Waals surface area contributed by atoms with Gasteiger partial charge in [-0.15, -0.1) is 0 Å². The molecular weight excluding hydrogens is 213 g/mol. The van der Waals surface area contributed by atoms with Gasteiger partial charge in [-0.2, -0.15) is 0 Å².